The summed E-state index contributed by atoms with van der Waals surface area (Å²) in [5.74, 6) is 0. The molecule has 0 spiro atoms. The smallest absolute Gasteiger partial charge is 0.0107 e. The van der Waals surface area contributed by atoms with Crippen LogP contribution >= 0.6 is 7.92 Å². The van der Waals surface area contributed by atoms with Crippen molar-refractivity contribution in [3.8, 4) is 11.1 Å². The maximum atomic E-state index is 2.44. The van der Waals surface area contributed by atoms with Crippen molar-refractivity contribution < 1.29 is 0 Å². The summed E-state index contributed by atoms with van der Waals surface area (Å²) in [6, 6.07) is 19.9. The molecule has 1 aliphatic heterocycles. The quantitative estimate of drug-likeness (QED) is 0.670. The third-order valence-corrected chi connectivity index (χ3v) is 7.58. The molecule has 1 saturated heterocycles. The maximum Gasteiger partial charge on any atom is -0.0107 e. The van der Waals surface area contributed by atoms with Gasteiger partial charge in [-0.05, 0) is 40.6 Å². The highest BCUT2D eigenvalue weighted by molar-refractivity contribution is 7.67. The second-order valence-corrected chi connectivity index (χ2v) is 8.63. The van der Waals surface area contributed by atoms with Gasteiger partial charge in [0.1, 0.15) is 0 Å². The third kappa shape index (κ3) is 2.47. The minimum atomic E-state index is -0.00707. The molecule has 2 aromatic carbocycles. The number of hydrogen-bond donors (Lipinski definition) is 0. The van der Waals surface area contributed by atoms with Crippen LogP contribution in [0, 0.1) is 0 Å². The van der Waals surface area contributed by atoms with Crippen LogP contribution in [0.25, 0.3) is 11.1 Å². The molecule has 0 N–H and O–H groups in total. The summed E-state index contributed by atoms with van der Waals surface area (Å²) < 4.78 is 0. The summed E-state index contributed by atoms with van der Waals surface area (Å²) >= 11 is 0. The summed E-state index contributed by atoms with van der Waals surface area (Å²) in [6.07, 6.45) is 2.80. The van der Waals surface area contributed by atoms with Crippen molar-refractivity contribution in [2.24, 2.45) is 0 Å². The Bertz CT molecular complexity index is 537. The monoisotopic (exact) mass is 268 g/mol. The lowest BCUT2D eigenvalue weighted by atomic mass is 10.1. The van der Waals surface area contributed by atoms with Gasteiger partial charge in [-0.3, -0.25) is 0 Å². The van der Waals surface area contributed by atoms with E-state index in [9.17, 15) is 0 Å². The summed E-state index contributed by atoms with van der Waals surface area (Å²) in [7, 11) is -0.00707. The highest BCUT2D eigenvalue weighted by Crippen LogP contribution is 2.55. The van der Waals surface area contributed by atoms with Crippen LogP contribution in [0.2, 0.25) is 0 Å². The fourth-order valence-corrected chi connectivity index (χ4v) is 6.64. The Morgan fingerprint density at radius 1 is 0.789 bits per heavy atom. The van der Waals surface area contributed by atoms with Crippen molar-refractivity contribution in [1.82, 2.24) is 0 Å². The normalized spacial score (nSPS) is 23.7. The van der Waals surface area contributed by atoms with Gasteiger partial charge < -0.3 is 0 Å². The Morgan fingerprint density at radius 2 is 1.37 bits per heavy atom. The lowest BCUT2D eigenvalue weighted by Crippen LogP contribution is -2.13. The Kier molecular flexibility index (Phi) is 3.71. The van der Waals surface area contributed by atoms with E-state index in [-0.39, 0.29) is 7.92 Å². The molecule has 0 aromatic heterocycles. The molecule has 0 radical (unpaired) electrons. The highest BCUT2D eigenvalue weighted by Gasteiger charge is 2.32. The van der Waals surface area contributed by atoms with E-state index in [1.165, 1.54) is 24.0 Å². The molecular formula is C18H21P. The zero-order valence-electron chi connectivity index (χ0n) is 11.7. The standard InChI is InChI=1S/C18H21P/c1-14-12-13-15(2)19(14)18-11-7-6-10-17(18)16-8-4-3-5-9-16/h3-11,14-15H,12-13H2,1-2H3/t14-,15-/m1/s1. The van der Waals surface area contributed by atoms with Gasteiger partial charge >= 0.3 is 0 Å². The zero-order chi connectivity index (χ0) is 13.2. The first-order chi connectivity index (χ1) is 9.27. The Morgan fingerprint density at radius 3 is 2.05 bits per heavy atom. The maximum absolute atomic E-state index is 2.44. The zero-order valence-corrected chi connectivity index (χ0v) is 12.6. The average molecular weight is 268 g/mol. The van der Waals surface area contributed by atoms with E-state index in [0.717, 1.165) is 11.3 Å². The van der Waals surface area contributed by atoms with E-state index in [1.807, 2.05) is 0 Å². The van der Waals surface area contributed by atoms with Gasteiger partial charge in [0.25, 0.3) is 0 Å². The molecule has 3 rings (SSSR count). The number of hydrogen-bond acceptors (Lipinski definition) is 0. The van der Waals surface area contributed by atoms with Gasteiger partial charge in [0, 0.05) is 0 Å². The van der Waals surface area contributed by atoms with Crippen molar-refractivity contribution in [2.45, 2.75) is 38.0 Å². The Labute approximate surface area is 117 Å². The average Bonchev–Trinajstić information content (AvgIpc) is 2.79. The van der Waals surface area contributed by atoms with E-state index >= 15 is 0 Å². The van der Waals surface area contributed by atoms with Crippen LogP contribution in [0.15, 0.2) is 54.6 Å². The highest BCUT2D eigenvalue weighted by atomic mass is 31.1. The predicted octanol–water partition coefficient (Wildman–Crippen LogP) is 5.03. The second-order valence-electron chi connectivity index (χ2n) is 5.57. The lowest BCUT2D eigenvalue weighted by molar-refractivity contribution is 0.777. The van der Waals surface area contributed by atoms with Crippen LogP contribution in [0.4, 0.5) is 0 Å². The van der Waals surface area contributed by atoms with Gasteiger partial charge in [-0.2, -0.15) is 0 Å². The van der Waals surface area contributed by atoms with Gasteiger partial charge in [0.15, 0.2) is 0 Å². The van der Waals surface area contributed by atoms with Crippen molar-refractivity contribution in [3.05, 3.63) is 54.6 Å². The van der Waals surface area contributed by atoms with Crippen LogP contribution in [-0.4, -0.2) is 11.3 Å². The van der Waals surface area contributed by atoms with Crippen LogP contribution in [0.3, 0.4) is 0 Å². The van der Waals surface area contributed by atoms with E-state index in [4.69, 9.17) is 0 Å². The molecule has 98 valence electrons. The van der Waals surface area contributed by atoms with E-state index in [1.54, 1.807) is 5.30 Å². The summed E-state index contributed by atoms with van der Waals surface area (Å²) in [6.45, 7) is 4.88. The molecule has 2 aromatic rings. The molecule has 1 aliphatic rings. The first kappa shape index (κ1) is 12.9. The number of rotatable bonds is 2. The van der Waals surface area contributed by atoms with Crippen molar-refractivity contribution >= 4 is 13.2 Å². The van der Waals surface area contributed by atoms with Crippen LogP contribution in [0.1, 0.15) is 26.7 Å². The van der Waals surface area contributed by atoms with Gasteiger partial charge in [-0.1, -0.05) is 76.4 Å². The van der Waals surface area contributed by atoms with E-state index in [2.05, 4.69) is 68.4 Å². The fourth-order valence-electron chi connectivity index (χ4n) is 3.23. The van der Waals surface area contributed by atoms with E-state index < -0.39 is 0 Å². The minimum absolute atomic E-state index is 0.00707. The number of benzene rings is 2. The summed E-state index contributed by atoms with van der Waals surface area (Å²) in [4.78, 5) is 0. The van der Waals surface area contributed by atoms with Crippen molar-refractivity contribution in [3.63, 3.8) is 0 Å². The van der Waals surface area contributed by atoms with E-state index in [0.29, 0.717) is 0 Å². The van der Waals surface area contributed by atoms with Crippen LogP contribution in [-0.2, 0) is 0 Å². The molecule has 0 nitrogen and oxygen atoms in total. The molecule has 0 saturated carbocycles. The Balaban J connectivity index is 2.08. The molecular weight excluding hydrogens is 247 g/mol. The fraction of sp³-hybridized carbons (Fsp3) is 0.333. The van der Waals surface area contributed by atoms with Crippen LogP contribution < -0.4 is 5.30 Å². The first-order valence-corrected chi connectivity index (χ1v) is 8.68. The van der Waals surface area contributed by atoms with Gasteiger partial charge in [0.2, 0.25) is 0 Å². The van der Waals surface area contributed by atoms with Crippen LogP contribution in [0.5, 0.6) is 0 Å². The molecule has 1 heterocycles. The van der Waals surface area contributed by atoms with Gasteiger partial charge in [-0.25, -0.2) is 0 Å². The SMILES string of the molecule is C[C@@H]1CC[C@@H](C)P1c1ccccc1-c1ccccc1. The molecule has 0 aliphatic carbocycles. The largest absolute Gasteiger partial charge is 0.0688 e. The molecule has 1 fully saturated rings. The van der Waals surface area contributed by atoms with Gasteiger partial charge in [-0.15, -0.1) is 0 Å². The first-order valence-electron chi connectivity index (χ1n) is 7.20. The van der Waals surface area contributed by atoms with Crippen molar-refractivity contribution in [1.29, 1.82) is 0 Å². The van der Waals surface area contributed by atoms with Crippen molar-refractivity contribution in [2.75, 3.05) is 0 Å². The molecule has 0 amide bonds. The summed E-state index contributed by atoms with van der Waals surface area (Å²) in [5, 5.41) is 1.61. The molecule has 1 heteroatoms. The summed E-state index contributed by atoms with van der Waals surface area (Å²) in [5.41, 5.74) is 4.56. The lowest BCUT2D eigenvalue weighted by Gasteiger charge is -2.24. The second kappa shape index (κ2) is 5.47. The third-order valence-electron chi connectivity index (χ3n) is 4.22. The van der Waals surface area contributed by atoms with Gasteiger partial charge in [0.05, 0.1) is 0 Å². The molecule has 0 unspecified atom stereocenters. The minimum Gasteiger partial charge on any atom is -0.0688 e. The Hall–Kier alpha value is -1.13. The topological polar surface area (TPSA) is 0 Å². The molecule has 19 heavy (non-hydrogen) atoms. The predicted molar refractivity (Wildman–Crippen MR) is 86.6 cm³/mol. The molecule has 2 atom stereocenters. The molecule has 0 bridgehead atoms.